The lowest BCUT2D eigenvalue weighted by atomic mass is 9.97. The van der Waals surface area contributed by atoms with Crippen molar-refractivity contribution in [1.29, 1.82) is 0 Å². The van der Waals surface area contributed by atoms with E-state index in [1.165, 1.54) is 6.42 Å². The molecule has 1 atom stereocenters. The monoisotopic (exact) mass is 263 g/mol. The normalized spacial score (nSPS) is 23.8. The van der Waals surface area contributed by atoms with Gasteiger partial charge in [0.15, 0.2) is 0 Å². The van der Waals surface area contributed by atoms with Crippen LogP contribution in [0.1, 0.15) is 37.3 Å². The van der Waals surface area contributed by atoms with Crippen molar-refractivity contribution in [2.75, 3.05) is 26.2 Å². The Hall–Kier alpha value is -1.43. The van der Waals surface area contributed by atoms with Gasteiger partial charge in [0.2, 0.25) is 5.91 Å². The fourth-order valence-corrected chi connectivity index (χ4v) is 2.89. The largest absolute Gasteiger partial charge is 0.341 e. The molecule has 6 nitrogen and oxygen atoms in total. The number of piperidine rings is 1. The van der Waals surface area contributed by atoms with Crippen LogP contribution in [0, 0.1) is 0 Å². The quantitative estimate of drug-likeness (QED) is 0.855. The summed E-state index contributed by atoms with van der Waals surface area (Å²) in [7, 11) is 0. The molecule has 1 amide bonds. The van der Waals surface area contributed by atoms with Gasteiger partial charge in [-0.05, 0) is 32.2 Å². The number of aromatic nitrogens is 3. The molecule has 1 aromatic heterocycles. The average Bonchev–Trinajstić information content (AvgIpc) is 3.11. The molecule has 3 heterocycles. The van der Waals surface area contributed by atoms with Crippen molar-refractivity contribution in [2.24, 2.45) is 0 Å². The Kier molecular flexibility index (Phi) is 3.77. The molecular weight excluding hydrogens is 242 g/mol. The summed E-state index contributed by atoms with van der Waals surface area (Å²) in [5.74, 6) is 0.611. The van der Waals surface area contributed by atoms with Gasteiger partial charge in [0.1, 0.15) is 6.54 Å². The van der Waals surface area contributed by atoms with Crippen molar-refractivity contribution in [1.82, 2.24) is 25.2 Å². The number of amides is 1. The van der Waals surface area contributed by atoms with Crippen LogP contribution in [0.15, 0.2) is 6.20 Å². The van der Waals surface area contributed by atoms with Gasteiger partial charge in [0, 0.05) is 31.7 Å². The number of hydrogen-bond donors (Lipinski definition) is 1. The Bertz CT molecular complexity index is 432. The first-order chi connectivity index (χ1) is 9.33. The Morgan fingerprint density at radius 3 is 2.95 bits per heavy atom. The zero-order chi connectivity index (χ0) is 13.1. The summed E-state index contributed by atoms with van der Waals surface area (Å²) in [5, 5.41) is 11.7. The number of carbonyl (C=O) groups excluding carboxylic acids is 1. The molecule has 0 bridgehead atoms. The molecule has 0 aliphatic carbocycles. The van der Waals surface area contributed by atoms with E-state index in [0.29, 0.717) is 12.5 Å². The number of carbonyl (C=O) groups is 1. The molecule has 104 valence electrons. The summed E-state index contributed by atoms with van der Waals surface area (Å²) in [6.07, 6.45) is 6.53. The van der Waals surface area contributed by atoms with Crippen LogP contribution in [0.5, 0.6) is 0 Å². The van der Waals surface area contributed by atoms with E-state index in [1.807, 2.05) is 11.1 Å². The van der Waals surface area contributed by atoms with E-state index in [4.69, 9.17) is 0 Å². The fraction of sp³-hybridized carbons (Fsp3) is 0.769. The molecule has 19 heavy (non-hydrogen) atoms. The third-order valence-electron chi connectivity index (χ3n) is 4.03. The minimum Gasteiger partial charge on any atom is -0.341 e. The third kappa shape index (κ3) is 2.94. The second-order valence-corrected chi connectivity index (χ2v) is 5.47. The number of nitrogens with zero attached hydrogens (tertiary/aromatic N) is 4. The molecule has 2 saturated heterocycles. The molecule has 2 aliphatic rings. The van der Waals surface area contributed by atoms with Crippen LogP contribution in [0.3, 0.4) is 0 Å². The molecule has 0 aromatic carbocycles. The van der Waals surface area contributed by atoms with Gasteiger partial charge >= 0.3 is 0 Å². The third-order valence-corrected chi connectivity index (χ3v) is 4.03. The van der Waals surface area contributed by atoms with Crippen LogP contribution in [0.4, 0.5) is 0 Å². The zero-order valence-corrected chi connectivity index (χ0v) is 11.2. The molecule has 3 rings (SSSR count). The maximum absolute atomic E-state index is 12.0. The second kappa shape index (κ2) is 5.69. The Morgan fingerprint density at radius 1 is 1.37 bits per heavy atom. The van der Waals surface area contributed by atoms with Crippen molar-refractivity contribution in [3.8, 4) is 0 Å². The lowest BCUT2D eigenvalue weighted by Gasteiger charge is -2.20. The van der Waals surface area contributed by atoms with Gasteiger partial charge in [-0.1, -0.05) is 5.21 Å². The fourth-order valence-electron chi connectivity index (χ4n) is 2.89. The van der Waals surface area contributed by atoms with Gasteiger partial charge in [0.25, 0.3) is 0 Å². The summed E-state index contributed by atoms with van der Waals surface area (Å²) in [6.45, 7) is 4.18. The predicted octanol–water partition coefficient (Wildman–Crippen LogP) is 0.368. The molecular formula is C13H21N5O. The van der Waals surface area contributed by atoms with Gasteiger partial charge in [-0.15, -0.1) is 5.10 Å². The molecule has 1 aromatic rings. The van der Waals surface area contributed by atoms with Crippen LogP contribution in [0.2, 0.25) is 0 Å². The topological polar surface area (TPSA) is 63.1 Å². The first-order valence-corrected chi connectivity index (χ1v) is 7.21. The van der Waals surface area contributed by atoms with E-state index in [1.54, 1.807) is 4.68 Å². The molecule has 6 heteroatoms. The van der Waals surface area contributed by atoms with Gasteiger partial charge in [-0.25, -0.2) is 4.68 Å². The second-order valence-electron chi connectivity index (χ2n) is 5.47. The van der Waals surface area contributed by atoms with Gasteiger partial charge in [-0.2, -0.15) is 0 Å². The lowest BCUT2D eigenvalue weighted by molar-refractivity contribution is -0.130. The van der Waals surface area contributed by atoms with Gasteiger partial charge < -0.3 is 10.2 Å². The number of likely N-dealkylation sites (tertiary alicyclic amines) is 1. The van der Waals surface area contributed by atoms with E-state index in [-0.39, 0.29) is 5.91 Å². The maximum atomic E-state index is 12.0. The highest BCUT2D eigenvalue weighted by Gasteiger charge is 2.21. The van der Waals surface area contributed by atoms with E-state index in [0.717, 1.165) is 51.1 Å². The maximum Gasteiger partial charge on any atom is 0.244 e. The molecule has 1 N–H and O–H groups in total. The highest BCUT2D eigenvalue weighted by atomic mass is 16.2. The van der Waals surface area contributed by atoms with E-state index >= 15 is 0 Å². The Balaban J connectivity index is 1.59. The van der Waals surface area contributed by atoms with Crippen molar-refractivity contribution >= 4 is 5.91 Å². The molecule has 0 unspecified atom stereocenters. The molecule has 0 spiro atoms. The van der Waals surface area contributed by atoms with E-state index < -0.39 is 0 Å². The predicted molar refractivity (Wildman–Crippen MR) is 70.7 cm³/mol. The van der Waals surface area contributed by atoms with Crippen molar-refractivity contribution < 1.29 is 4.79 Å². The number of hydrogen-bond acceptors (Lipinski definition) is 4. The minimum atomic E-state index is 0.163. The summed E-state index contributed by atoms with van der Waals surface area (Å²) in [4.78, 5) is 13.9. The van der Waals surface area contributed by atoms with Gasteiger partial charge in [0.05, 0.1) is 5.69 Å². The summed E-state index contributed by atoms with van der Waals surface area (Å²) < 4.78 is 1.69. The van der Waals surface area contributed by atoms with E-state index in [9.17, 15) is 4.79 Å². The molecule has 0 saturated carbocycles. The van der Waals surface area contributed by atoms with Crippen molar-refractivity contribution in [2.45, 2.75) is 38.1 Å². The average molecular weight is 263 g/mol. The minimum absolute atomic E-state index is 0.163. The van der Waals surface area contributed by atoms with Crippen LogP contribution < -0.4 is 5.32 Å². The zero-order valence-electron chi connectivity index (χ0n) is 11.2. The van der Waals surface area contributed by atoms with Crippen molar-refractivity contribution in [3.05, 3.63) is 11.9 Å². The van der Waals surface area contributed by atoms with Crippen molar-refractivity contribution in [3.63, 3.8) is 0 Å². The molecule has 0 radical (unpaired) electrons. The summed E-state index contributed by atoms with van der Waals surface area (Å²) in [5.41, 5.74) is 1.02. The van der Waals surface area contributed by atoms with Gasteiger partial charge in [-0.3, -0.25) is 4.79 Å². The van der Waals surface area contributed by atoms with Crippen LogP contribution >= 0.6 is 0 Å². The first-order valence-electron chi connectivity index (χ1n) is 7.21. The molecule has 2 fully saturated rings. The SMILES string of the molecule is O=C(Cn1cc([C@H]2CCCNC2)nn1)N1CCCC1. The van der Waals surface area contributed by atoms with Crippen LogP contribution in [0.25, 0.3) is 0 Å². The van der Waals surface area contributed by atoms with Crippen LogP contribution in [-0.2, 0) is 11.3 Å². The Morgan fingerprint density at radius 2 is 2.21 bits per heavy atom. The lowest BCUT2D eigenvalue weighted by Crippen LogP contribution is -2.31. The number of rotatable bonds is 3. The first kappa shape index (κ1) is 12.6. The molecule has 2 aliphatic heterocycles. The summed E-state index contributed by atoms with van der Waals surface area (Å²) >= 11 is 0. The smallest absolute Gasteiger partial charge is 0.244 e. The Labute approximate surface area is 113 Å². The summed E-state index contributed by atoms with van der Waals surface area (Å²) in [6, 6.07) is 0. The highest BCUT2D eigenvalue weighted by molar-refractivity contribution is 5.76. The highest BCUT2D eigenvalue weighted by Crippen LogP contribution is 2.20. The van der Waals surface area contributed by atoms with Crippen LogP contribution in [-0.4, -0.2) is 52.0 Å². The standard InChI is InChI=1S/C13H21N5O/c19-13(17-6-1-2-7-17)10-18-9-12(15-16-18)11-4-3-5-14-8-11/h9,11,14H,1-8,10H2/t11-/m0/s1. The van der Waals surface area contributed by atoms with E-state index in [2.05, 4.69) is 15.6 Å². The number of nitrogens with one attached hydrogen (secondary N) is 1.